The van der Waals surface area contributed by atoms with Crippen molar-refractivity contribution in [2.75, 3.05) is 7.11 Å². The van der Waals surface area contributed by atoms with E-state index >= 15 is 0 Å². The van der Waals surface area contributed by atoms with Crippen LogP contribution in [0.1, 0.15) is 41.2 Å². The summed E-state index contributed by atoms with van der Waals surface area (Å²) < 4.78 is 4.58. The van der Waals surface area contributed by atoms with Gasteiger partial charge in [0, 0.05) is 0 Å². The summed E-state index contributed by atoms with van der Waals surface area (Å²) in [6.45, 7) is 0. The third kappa shape index (κ3) is 1.60. The van der Waals surface area contributed by atoms with Gasteiger partial charge in [-0.1, -0.05) is 6.42 Å². The minimum atomic E-state index is -0.418. The van der Waals surface area contributed by atoms with Gasteiger partial charge in [0.05, 0.1) is 13.3 Å². The van der Waals surface area contributed by atoms with E-state index in [9.17, 15) is 4.79 Å². The minimum Gasteiger partial charge on any atom is -0.464 e. The predicted octanol–water partition coefficient (Wildman–Crippen LogP) is 1.53. The summed E-state index contributed by atoms with van der Waals surface area (Å²) in [6, 6.07) is 1.78. The molecule has 0 N–H and O–H groups in total. The van der Waals surface area contributed by atoms with Crippen molar-refractivity contribution in [3.05, 3.63) is 23.5 Å². The zero-order valence-electron chi connectivity index (χ0n) is 8.06. The number of esters is 1. The summed E-state index contributed by atoms with van der Waals surface area (Å²) in [7, 11) is 1.35. The number of rotatable bonds is 2. The first kappa shape index (κ1) is 9.12. The van der Waals surface area contributed by atoms with Crippen molar-refractivity contribution in [3.63, 3.8) is 0 Å². The van der Waals surface area contributed by atoms with E-state index in [0.717, 1.165) is 5.56 Å². The molecule has 0 spiro atoms. The maximum Gasteiger partial charge on any atom is 0.358 e. The van der Waals surface area contributed by atoms with Crippen molar-refractivity contribution in [2.45, 2.75) is 25.2 Å². The Bertz CT molecular complexity index is 348. The van der Waals surface area contributed by atoms with Crippen LogP contribution < -0.4 is 0 Å². The zero-order valence-corrected chi connectivity index (χ0v) is 8.06. The number of methoxy groups -OCH3 is 1. The molecule has 0 aliphatic heterocycles. The Balaban J connectivity index is 2.21. The maximum atomic E-state index is 11.2. The molecule has 1 aromatic heterocycles. The minimum absolute atomic E-state index is 0.303. The van der Waals surface area contributed by atoms with Crippen molar-refractivity contribution < 1.29 is 9.53 Å². The van der Waals surface area contributed by atoms with Gasteiger partial charge in [-0.2, -0.15) is 5.10 Å². The van der Waals surface area contributed by atoms with E-state index in [1.807, 2.05) is 0 Å². The largest absolute Gasteiger partial charge is 0.464 e. The Morgan fingerprint density at radius 1 is 1.57 bits per heavy atom. The van der Waals surface area contributed by atoms with Crippen LogP contribution in [0.5, 0.6) is 0 Å². The number of carbonyl (C=O) groups excluding carboxylic acids is 1. The highest BCUT2D eigenvalue weighted by Gasteiger charge is 2.21. The molecule has 0 saturated heterocycles. The molecule has 4 nitrogen and oxygen atoms in total. The fourth-order valence-corrected chi connectivity index (χ4v) is 1.55. The third-order valence-corrected chi connectivity index (χ3v) is 2.65. The SMILES string of the molecule is COC(=O)c1cc(C2CCC2)cnn1. The second kappa shape index (κ2) is 3.74. The molecule has 1 aromatic rings. The monoisotopic (exact) mass is 192 g/mol. The van der Waals surface area contributed by atoms with E-state index in [0.29, 0.717) is 11.6 Å². The first-order valence-electron chi connectivity index (χ1n) is 4.72. The summed E-state index contributed by atoms with van der Waals surface area (Å²) in [5, 5.41) is 7.53. The van der Waals surface area contributed by atoms with Gasteiger partial charge in [-0.3, -0.25) is 0 Å². The van der Waals surface area contributed by atoms with Gasteiger partial charge >= 0.3 is 5.97 Å². The molecular weight excluding hydrogens is 180 g/mol. The number of aromatic nitrogens is 2. The smallest absolute Gasteiger partial charge is 0.358 e. The van der Waals surface area contributed by atoms with Gasteiger partial charge in [0.25, 0.3) is 0 Å². The summed E-state index contributed by atoms with van der Waals surface area (Å²) in [5.74, 6) is 0.146. The first-order valence-corrected chi connectivity index (χ1v) is 4.72. The summed E-state index contributed by atoms with van der Waals surface area (Å²) in [6.07, 6.45) is 5.37. The molecule has 0 amide bonds. The van der Waals surface area contributed by atoms with Crippen LogP contribution in [0.4, 0.5) is 0 Å². The van der Waals surface area contributed by atoms with Crippen LogP contribution in [-0.2, 0) is 4.74 Å². The Labute approximate surface area is 82.3 Å². The van der Waals surface area contributed by atoms with Gasteiger partial charge in [-0.05, 0) is 30.4 Å². The molecule has 4 heteroatoms. The van der Waals surface area contributed by atoms with Crippen LogP contribution >= 0.6 is 0 Å². The fraction of sp³-hybridized carbons (Fsp3) is 0.500. The van der Waals surface area contributed by atoms with Gasteiger partial charge in [-0.15, -0.1) is 5.10 Å². The molecule has 0 atom stereocenters. The van der Waals surface area contributed by atoms with Crippen molar-refractivity contribution in [1.29, 1.82) is 0 Å². The molecule has 14 heavy (non-hydrogen) atoms. The van der Waals surface area contributed by atoms with Crippen LogP contribution in [0.25, 0.3) is 0 Å². The van der Waals surface area contributed by atoms with E-state index < -0.39 is 5.97 Å². The number of hydrogen-bond donors (Lipinski definition) is 0. The van der Waals surface area contributed by atoms with E-state index in [4.69, 9.17) is 0 Å². The molecule has 1 heterocycles. The van der Waals surface area contributed by atoms with Crippen LogP contribution in [0, 0.1) is 0 Å². The summed E-state index contributed by atoms with van der Waals surface area (Å²) in [4.78, 5) is 11.2. The topological polar surface area (TPSA) is 52.1 Å². The first-order chi connectivity index (χ1) is 6.81. The van der Waals surface area contributed by atoms with Gasteiger partial charge in [-0.25, -0.2) is 4.79 Å². The van der Waals surface area contributed by atoms with Gasteiger partial charge < -0.3 is 4.74 Å². The van der Waals surface area contributed by atoms with Crippen LogP contribution in [0.3, 0.4) is 0 Å². The van der Waals surface area contributed by atoms with Crippen LogP contribution in [0.15, 0.2) is 12.3 Å². The summed E-state index contributed by atoms with van der Waals surface area (Å²) >= 11 is 0. The average Bonchev–Trinajstić information content (AvgIpc) is 2.14. The molecule has 74 valence electrons. The van der Waals surface area contributed by atoms with Crippen molar-refractivity contribution in [3.8, 4) is 0 Å². The van der Waals surface area contributed by atoms with Crippen molar-refractivity contribution in [1.82, 2.24) is 10.2 Å². The summed E-state index contributed by atoms with van der Waals surface area (Å²) in [5.41, 5.74) is 1.41. The van der Waals surface area contributed by atoms with E-state index in [1.54, 1.807) is 12.3 Å². The Kier molecular flexibility index (Phi) is 2.43. The van der Waals surface area contributed by atoms with Crippen LogP contribution in [0.2, 0.25) is 0 Å². The number of hydrogen-bond acceptors (Lipinski definition) is 4. The number of carbonyl (C=O) groups is 1. The van der Waals surface area contributed by atoms with Gasteiger partial charge in [0.1, 0.15) is 0 Å². The average molecular weight is 192 g/mol. The van der Waals surface area contributed by atoms with Crippen LogP contribution in [-0.4, -0.2) is 23.3 Å². The molecule has 1 saturated carbocycles. The van der Waals surface area contributed by atoms with Crippen molar-refractivity contribution in [2.24, 2.45) is 0 Å². The second-order valence-corrected chi connectivity index (χ2v) is 3.49. The quantitative estimate of drug-likeness (QED) is 0.667. The lowest BCUT2D eigenvalue weighted by molar-refractivity contribution is 0.0592. The highest BCUT2D eigenvalue weighted by Crippen LogP contribution is 2.35. The highest BCUT2D eigenvalue weighted by molar-refractivity contribution is 5.87. The molecular formula is C10H12N2O2. The second-order valence-electron chi connectivity index (χ2n) is 3.49. The highest BCUT2D eigenvalue weighted by atomic mass is 16.5. The molecule has 1 aliphatic carbocycles. The van der Waals surface area contributed by atoms with Gasteiger partial charge in [0.15, 0.2) is 5.69 Å². The molecule has 1 fully saturated rings. The molecule has 0 bridgehead atoms. The van der Waals surface area contributed by atoms with E-state index in [2.05, 4.69) is 14.9 Å². The Hall–Kier alpha value is -1.45. The zero-order chi connectivity index (χ0) is 9.97. The standard InChI is InChI=1S/C10H12N2O2/c1-14-10(13)9-5-8(6-11-12-9)7-3-2-4-7/h5-7H,2-4H2,1H3. The third-order valence-electron chi connectivity index (χ3n) is 2.65. The fourth-order valence-electron chi connectivity index (χ4n) is 1.55. The lowest BCUT2D eigenvalue weighted by Gasteiger charge is -2.25. The molecule has 0 aromatic carbocycles. The lowest BCUT2D eigenvalue weighted by Crippen LogP contribution is -2.12. The normalized spacial score (nSPS) is 16.1. The van der Waals surface area contributed by atoms with Gasteiger partial charge in [0.2, 0.25) is 0 Å². The maximum absolute atomic E-state index is 11.2. The lowest BCUT2D eigenvalue weighted by atomic mass is 9.81. The number of ether oxygens (including phenoxy) is 1. The molecule has 0 unspecified atom stereocenters. The Morgan fingerprint density at radius 3 is 2.93 bits per heavy atom. The molecule has 1 aliphatic rings. The van der Waals surface area contributed by atoms with Crippen molar-refractivity contribution >= 4 is 5.97 Å². The van der Waals surface area contributed by atoms with E-state index in [-0.39, 0.29) is 0 Å². The molecule has 0 radical (unpaired) electrons. The number of nitrogens with zero attached hydrogens (tertiary/aromatic N) is 2. The predicted molar refractivity (Wildman–Crippen MR) is 50.0 cm³/mol. The van der Waals surface area contributed by atoms with E-state index in [1.165, 1.54) is 26.4 Å². The Morgan fingerprint density at radius 2 is 2.36 bits per heavy atom. The molecule has 2 rings (SSSR count).